The minimum absolute atomic E-state index is 0.0209. The molecule has 35 heavy (non-hydrogen) atoms. The van der Waals surface area contributed by atoms with Gasteiger partial charge >= 0.3 is 6.18 Å². The number of ether oxygens (including phenoxy) is 1. The smallest absolute Gasteiger partial charge is 0.370 e. The zero-order chi connectivity index (χ0) is 24.6. The Morgan fingerprint density at radius 1 is 1.11 bits per heavy atom. The predicted octanol–water partition coefficient (Wildman–Crippen LogP) is 6.44. The molecule has 0 radical (unpaired) electrons. The van der Waals surface area contributed by atoms with Crippen molar-refractivity contribution in [2.45, 2.75) is 44.0 Å². The number of nitrogens with zero attached hydrogens (tertiary/aromatic N) is 3. The van der Waals surface area contributed by atoms with Gasteiger partial charge in [0, 0.05) is 36.8 Å². The van der Waals surface area contributed by atoms with Gasteiger partial charge in [0.15, 0.2) is 0 Å². The van der Waals surface area contributed by atoms with E-state index in [1.807, 2.05) is 22.8 Å². The fourth-order valence-corrected chi connectivity index (χ4v) is 5.11. The van der Waals surface area contributed by atoms with Crippen molar-refractivity contribution in [3.05, 3.63) is 70.5 Å². The third kappa shape index (κ3) is 4.95. The van der Waals surface area contributed by atoms with Crippen molar-refractivity contribution in [2.24, 2.45) is 0 Å². The van der Waals surface area contributed by atoms with Gasteiger partial charge < -0.3 is 14.2 Å². The summed E-state index contributed by atoms with van der Waals surface area (Å²) in [5, 5.41) is 0.581. The number of alkyl halides is 3. The third-order valence-electron chi connectivity index (χ3n) is 6.71. The highest BCUT2D eigenvalue weighted by Gasteiger charge is 2.34. The van der Waals surface area contributed by atoms with Crippen LogP contribution < -0.4 is 0 Å². The molecule has 2 aliphatic rings. The number of imidazole rings is 1. The zero-order valence-electron chi connectivity index (χ0n) is 19.0. The Balaban J connectivity index is 1.36. The van der Waals surface area contributed by atoms with Crippen LogP contribution in [0.2, 0.25) is 5.02 Å². The molecule has 2 saturated heterocycles. The summed E-state index contributed by atoms with van der Waals surface area (Å²) in [6.07, 6.45) is 1.64. The van der Waals surface area contributed by atoms with Crippen LogP contribution in [0.1, 0.15) is 54.8 Å². The number of carbonyl (C=O) groups excluding carboxylic acids is 1. The van der Waals surface area contributed by atoms with Gasteiger partial charge in [0.2, 0.25) is 5.91 Å². The zero-order valence-corrected chi connectivity index (χ0v) is 19.7. The van der Waals surface area contributed by atoms with E-state index in [4.69, 9.17) is 16.3 Å². The minimum Gasteiger partial charge on any atom is -0.370 e. The summed E-state index contributed by atoms with van der Waals surface area (Å²) >= 11 is 6.16. The van der Waals surface area contributed by atoms with Crippen molar-refractivity contribution in [3.63, 3.8) is 0 Å². The number of carbonyl (C=O) groups is 1. The number of piperidine rings is 1. The molecule has 0 N–H and O–H groups in total. The Morgan fingerprint density at radius 2 is 1.89 bits per heavy atom. The predicted molar refractivity (Wildman–Crippen MR) is 128 cm³/mol. The number of fused-ring (bicyclic) bond motifs is 1. The quantitative estimate of drug-likeness (QED) is 0.385. The summed E-state index contributed by atoms with van der Waals surface area (Å²) in [6.45, 7) is 1.70. The first-order valence-corrected chi connectivity index (χ1v) is 12.1. The van der Waals surface area contributed by atoms with Crippen molar-refractivity contribution in [1.82, 2.24) is 14.5 Å². The van der Waals surface area contributed by atoms with Gasteiger partial charge in [-0.25, -0.2) is 4.98 Å². The second-order valence-electron chi connectivity index (χ2n) is 8.95. The molecule has 2 fully saturated rings. The van der Waals surface area contributed by atoms with E-state index < -0.39 is 11.7 Å². The van der Waals surface area contributed by atoms with Gasteiger partial charge in [-0.15, -0.1) is 0 Å². The topological polar surface area (TPSA) is 47.4 Å². The molecule has 1 aromatic heterocycles. The number of hydrogen-bond acceptors (Lipinski definition) is 3. The van der Waals surface area contributed by atoms with Gasteiger partial charge in [0.1, 0.15) is 11.9 Å². The number of likely N-dealkylation sites (tertiary alicyclic amines) is 1. The maximum atomic E-state index is 13.3. The molecule has 2 aliphatic heterocycles. The molecule has 5 rings (SSSR count). The van der Waals surface area contributed by atoms with Gasteiger partial charge in [-0.1, -0.05) is 29.8 Å². The van der Waals surface area contributed by atoms with E-state index in [-0.39, 0.29) is 18.1 Å². The van der Waals surface area contributed by atoms with Gasteiger partial charge in [-0.2, -0.15) is 13.2 Å². The lowest BCUT2D eigenvalue weighted by molar-refractivity contribution is -0.137. The maximum absolute atomic E-state index is 13.3. The molecule has 3 heterocycles. The van der Waals surface area contributed by atoms with Crippen LogP contribution in [-0.2, 0) is 15.7 Å². The van der Waals surface area contributed by atoms with Crippen molar-refractivity contribution in [2.75, 3.05) is 19.7 Å². The minimum atomic E-state index is -4.43. The summed E-state index contributed by atoms with van der Waals surface area (Å²) < 4.78 is 47.7. The maximum Gasteiger partial charge on any atom is 0.416 e. The summed E-state index contributed by atoms with van der Waals surface area (Å²) in [7, 11) is 0. The Morgan fingerprint density at radius 3 is 2.57 bits per heavy atom. The van der Waals surface area contributed by atoms with Crippen LogP contribution in [0.4, 0.5) is 13.2 Å². The SMILES string of the molecule is O=C(/C=C/c1ccccc1Cl)N1CCC(n2c([C@H]3CCCO3)nc3cc(C(F)(F)F)ccc32)CC1. The molecule has 1 atom stereocenters. The summed E-state index contributed by atoms with van der Waals surface area (Å²) in [6, 6.07) is 11.1. The average molecular weight is 504 g/mol. The van der Waals surface area contributed by atoms with Crippen LogP contribution in [0.25, 0.3) is 17.1 Å². The van der Waals surface area contributed by atoms with Crippen LogP contribution in [0, 0.1) is 0 Å². The molecule has 184 valence electrons. The molecule has 0 spiro atoms. The van der Waals surface area contributed by atoms with E-state index in [0.717, 1.165) is 30.5 Å². The van der Waals surface area contributed by atoms with Crippen molar-refractivity contribution >= 4 is 34.6 Å². The normalized spacial score (nSPS) is 19.8. The summed E-state index contributed by atoms with van der Waals surface area (Å²) in [5.41, 5.74) is 1.07. The summed E-state index contributed by atoms with van der Waals surface area (Å²) in [4.78, 5) is 19.1. The first-order chi connectivity index (χ1) is 16.8. The summed E-state index contributed by atoms with van der Waals surface area (Å²) in [5.74, 6) is 0.591. The molecule has 0 bridgehead atoms. The molecule has 0 aliphatic carbocycles. The number of benzene rings is 2. The van der Waals surface area contributed by atoms with Gasteiger partial charge in [-0.3, -0.25) is 4.79 Å². The van der Waals surface area contributed by atoms with Crippen LogP contribution in [0.3, 0.4) is 0 Å². The average Bonchev–Trinajstić information content (AvgIpc) is 3.50. The van der Waals surface area contributed by atoms with E-state index in [9.17, 15) is 18.0 Å². The van der Waals surface area contributed by atoms with Crippen molar-refractivity contribution in [1.29, 1.82) is 0 Å². The highest BCUT2D eigenvalue weighted by Crippen LogP contribution is 2.38. The largest absolute Gasteiger partial charge is 0.416 e. The van der Waals surface area contributed by atoms with Crippen LogP contribution in [0.5, 0.6) is 0 Å². The second kappa shape index (κ2) is 9.66. The monoisotopic (exact) mass is 503 g/mol. The Labute approximate surface area is 206 Å². The molecule has 5 nitrogen and oxygen atoms in total. The number of amides is 1. The molecule has 3 aromatic rings. The van der Waals surface area contributed by atoms with Crippen molar-refractivity contribution < 1.29 is 22.7 Å². The molecular formula is C26H25ClF3N3O2. The first kappa shape index (κ1) is 23.9. The Kier molecular flexibility index (Phi) is 6.59. The number of halogens is 4. The van der Waals surface area contributed by atoms with E-state index >= 15 is 0 Å². The Hall–Kier alpha value is -2.84. The number of hydrogen-bond donors (Lipinski definition) is 0. The van der Waals surface area contributed by atoms with E-state index in [0.29, 0.717) is 54.4 Å². The molecule has 0 saturated carbocycles. The Bertz CT molecular complexity index is 1260. The molecule has 1 amide bonds. The molecular weight excluding hydrogens is 479 g/mol. The van der Waals surface area contributed by atoms with Crippen LogP contribution >= 0.6 is 11.6 Å². The third-order valence-corrected chi connectivity index (χ3v) is 7.06. The molecule has 2 aromatic carbocycles. The second-order valence-corrected chi connectivity index (χ2v) is 9.36. The molecule has 0 unspecified atom stereocenters. The fourth-order valence-electron chi connectivity index (χ4n) is 4.91. The van der Waals surface area contributed by atoms with E-state index in [1.54, 1.807) is 17.0 Å². The first-order valence-electron chi connectivity index (χ1n) is 11.7. The lowest BCUT2D eigenvalue weighted by Crippen LogP contribution is -2.38. The van der Waals surface area contributed by atoms with Gasteiger partial charge in [-0.05, 0) is 61.6 Å². The van der Waals surface area contributed by atoms with Crippen LogP contribution in [0.15, 0.2) is 48.5 Å². The molecule has 9 heteroatoms. The number of rotatable bonds is 4. The highest BCUT2D eigenvalue weighted by atomic mass is 35.5. The van der Waals surface area contributed by atoms with E-state index in [2.05, 4.69) is 4.98 Å². The highest BCUT2D eigenvalue weighted by molar-refractivity contribution is 6.32. The van der Waals surface area contributed by atoms with Crippen LogP contribution in [-0.4, -0.2) is 40.1 Å². The van der Waals surface area contributed by atoms with E-state index in [1.165, 1.54) is 12.1 Å². The van der Waals surface area contributed by atoms with Gasteiger partial charge in [0.05, 0.1) is 16.6 Å². The van der Waals surface area contributed by atoms with Crippen molar-refractivity contribution in [3.8, 4) is 0 Å². The standard InChI is InChI=1S/C26H25ClF3N3O2/c27-20-5-2-1-4-17(20)7-10-24(34)32-13-11-19(12-14-32)33-22-9-8-18(26(28,29)30)16-21(22)31-25(33)23-6-3-15-35-23/h1-2,4-5,7-10,16,19,23H,3,6,11-15H2/b10-7+/t23-/m1/s1. The fraction of sp³-hybridized carbons (Fsp3) is 0.385. The van der Waals surface area contributed by atoms with Gasteiger partial charge in [0.25, 0.3) is 0 Å². The lowest BCUT2D eigenvalue weighted by atomic mass is 10.0. The lowest BCUT2D eigenvalue weighted by Gasteiger charge is -2.33. The number of aromatic nitrogens is 2.